The van der Waals surface area contributed by atoms with Crippen molar-refractivity contribution in [2.45, 2.75) is 6.29 Å². The molecule has 1 aliphatic rings. The van der Waals surface area contributed by atoms with Gasteiger partial charge in [-0.3, -0.25) is 0 Å². The fraction of sp³-hybridized carbons (Fsp3) is 0.0556. The first-order valence-electron chi connectivity index (χ1n) is 6.90. The number of nitrogens with zero attached hydrogens (tertiary/aromatic N) is 1. The van der Waals surface area contributed by atoms with E-state index in [0.717, 1.165) is 27.7 Å². The molecule has 1 aromatic carbocycles. The van der Waals surface area contributed by atoms with Gasteiger partial charge in [0.25, 0.3) is 6.29 Å². The van der Waals surface area contributed by atoms with E-state index >= 15 is 0 Å². The molecule has 0 fully saturated rings. The largest absolute Gasteiger partial charge is 0.455 e. The van der Waals surface area contributed by atoms with Crippen molar-refractivity contribution in [3.8, 4) is 11.8 Å². The Morgan fingerprint density at radius 3 is 2.86 bits per heavy atom. The molecular weight excluding hydrogens is 276 g/mol. The average Bonchev–Trinajstić information content (AvgIpc) is 3.24. The maximum absolute atomic E-state index is 5.34. The van der Waals surface area contributed by atoms with Crippen LogP contribution in [0.25, 0.3) is 11.0 Å². The second-order valence-corrected chi connectivity index (χ2v) is 4.85. The zero-order valence-electron chi connectivity index (χ0n) is 11.6. The van der Waals surface area contributed by atoms with Crippen LogP contribution in [0, 0.1) is 11.8 Å². The lowest BCUT2D eigenvalue weighted by atomic mass is 10.1. The maximum atomic E-state index is 5.34. The lowest BCUT2D eigenvalue weighted by Crippen LogP contribution is -1.97. The van der Waals surface area contributed by atoms with Crippen molar-refractivity contribution < 1.29 is 9.47 Å². The van der Waals surface area contributed by atoms with E-state index in [-0.39, 0.29) is 6.29 Å². The Labute approximate surface area is 127 Å². The van der Waals surface area contributed by atoms with Gasteiger partial charge in [-0.2, -0.15) is 0 Å². The van der Waals surface area contributed by atoms with Crippen molar-refractivity contribution >= 4 is 11.0 Å². The van der Waals surface area contributed by atoms with E-state index in [2.05, 4.69) is 21.8 Å². The minimum atomic E-state index is -0.376. The summed E-state index contributed by atoms with van der Waals surface area (Å²) in [6, 6.07) is 11.7. The van der Waals surface area contributed by atoms with Gasteiger partial charge in [-0.1, -0.05) is 24.0 Å². The number of nitrogens with one attached hydrogen (secondary N) is 1. The molecule has 0 amide bonds. The summed E-state index contributed by atoms with van der Waals surface area (Å²) in [6.07, 6.45) is 6.33. The molecule has 1 N–H and O–H groups in total. The molecule has 4 nitrogen and oxygen atoms in total. The second-order valence-electron chi connectivity index (χ2n) is 4.85. The number of hydrogen-bond acceptors (Lipinski definition) is 3. The number of rotatable bonds is 1. The summed E-state index contributed by atoms with van der Waals surface area (Å²) >= 11 is 0. The third kappa shape index (κ3) is 2.29. The Hall–Kier alpha value is -3.19. The zero-order valence-corrected chi connectivity index (χ0v) is 11.6. The van der Waals surface area contributed by atoms with Gasteiger partial charge in [-0.15, -0.1) is 0 Å². The number of ether oxygens (including phenoxy) is 2. The SMILES string of the molecule is C(#Cc1ccnc2[nH]ccc12)c1cccc(C2OC=CO2)c1. The van der Waals surface area contributed by atoms with E-state index in [4.69, 9.17) is 9.47 Å². The Morgan fingerprint density at radius 1 is 1.05 bits per heavy atom. The van der Waals surface area contributed by atoms with Crippen molar-refractivity contribution in [3.05, 3.63) is 78.0 Å². The smallest absolute Gasteiger partial charge is 0.266 e. The topological polar surface area (TPSA) is 47.1 Å². The van der Waals surface area contributed by atoms with Crippen molar-refractivity contribution in [2.24, 2.45) is 0 Å². The Morgan fingerprint density at radius 2 is 1.95 bits per heavy atom. The van der Waals surface area contributed by atoms with Crippen molar-refractivity contribution in [1.29, 1.82) is 0 Å². The van der Waals surface area contributed by atoms with Crippen LogP contribution in [0.3, 0.4) is 0 Å². The first kappa shape index (κ1) is 12.5. The van der Waals surface area contributed by atoms with Gasteiger partial charge in [-0.05, 0) is 24.3 Å². The first-order valence-corrected chi connectivity index (χ1v) is 6.90. The van der Waals surface area contributed by atoms with Crippen molar-refractivity contribution in [1.82, 2.24) is 9.97 Å². The number of pyridine rings is 1. The zero-order chi connectivity index (χ0) is 14.8. The van der Waals surface area contributed by atoms with Gasteiger partial charge >= 0.3 is 0 Å². The molecular formula is C18H12N2O2. The van der Waals surface area contributed by atoms with Crippen LogP contribution in [0.5, 0.6) is 0 Å². The standard InChI is InChI=1S/C18H12N2O2/c1-2-13(12-15(3-1)18-21-10-11-22-18)4-5-14-6-8-19-17-16(14)7-9-20-17/h1-3,6-12,18H,(H,19,20). The van der Waals surface area contributed by atoms with Gasteiger partial charge in [0.05, 0.1) is 0 Å². The molecule has 4 rings (SSSR count). The molecule has 0 saturated heterocycles. The van der Waals surface area contributed by atoms with Gasteiger partial charge in [0, 0.05) is 34.5 Å². The molecule has 106 valence electrons. The molecule has 4 heteroatoms. The number of fused-ring (bicyclic) bond motifs is 1. The molecule has 1 aliphatic heterocycles. The van der Waals surface area contributed by atoms with Crippen molar-refractivity contribution in [3.63, 3.8) is 0 Å². The summed E-state index contributed by atoms with van der Waals surface area (Å²) in [4.78, 5) is 7.35. The van der Waals surface area contributed by atoms with E-state index in [1.807, 2.05) is 42.6 Å². The van der Waals surface area contributed by atoms with Gasteiger partial charge in [0.15, 0.2) is 0 Å². The summed E-state index contributed by atoms with van der Waals surface area (Å²) in [5, 5.41) is 1.03. The van der Waals surface area contributed by atoms with E-state index in [1.165, 1.54) is 0 Å². The number of aromatic amines is 1. The lowest BCUT2D eigenvalue weighted by Gasteiger charge is -2.10. The van der Waals surface area contributed by atoms with Crippen LogP contribution in [0.1, 0.15) is 23.0 Å². The van der Waals surface area contributed by atoms with Gasteiger partial charge in [-0.25, -0.2) is 4.98 Å². The van der Waals surface area contributed by atoms with Crippen LogP contribution >= 0.6 is 0 Å². The van der Waals surface area contributed by atoms with Crippen molar-refractivity contribution in [2.75, 3.05) is 0 Å². The predicted octanol–water partition coefficient (Wildman–Crippen LogP) is 3.48. The maximum Gasteiger partial charge on any atom is 0.266 e. The van der Waals surface area contributed by atoms with E-state index in [1.54, 1.807) is 18.7 Å². The third-order valence-corrected chi connectivity index (χ3v) is 3.42. The molecule has 0 unspecified atom stereocenters. The fourth-order valence-electron chi connectivity index (χ4n) is 2.37. The molecule has 22 heavy (non-hydrogen) atoms. The summed E-state index contributed by atoms with van der Waals surface area (Å²) < 4.78 is 10.7. The van der Waals surface area contributed by atoms with Crippen LogP contribution in [0.2, 0.25) is 0 Å². The fourth-order valence-corrected chi connectivity index (χ4v) is 2.37. The average molecular weight is 288 g/mol. The highest BCUT2D eigenvalue weighted by molar-refractivity contribution is 5.82. The second kappa shape index (κ2) is 5.30. The molecule has 0 spiro atoms. The minimum absolute atomic E-state index is 0.376. The highest BCUT2D eigenvalue weighted by Crippen LogP contribution is 2.24. The highest BCUT2D eigenvalue weighted by Gasteiger charge is 2.14. The number of hydrogen-bond donors (Lipinski definition) is 1. The number of benzene rings is 1. The minimum Gasteiger partial charge on any atom is -0.455 e. The summed E-state index contributed by atoms with van der Waals surface area (Å²) in [6.45, 7) is 0. The molecule has 0 saturated carbocycles. The third-order valence-electron chi connectivity index (χ3n) is 3.42. The summed E-state index contributed by atoms with van der Waals surface area (Å²) in [5.41, 5.74) is 3.65. The number of aromatic nitrogens is 2. The molecule has 3 aromatic rings. The summed E-state index contributed by atoms with van der Waals surface area (Å²) in [5.74, 6) is 6.38. The van der Waals surface area contributed by atoms with Crippen LogP contribution in [-0.2, 0) is 9.47 Å². The molecule has 2 aromatic heterocycles. The van der Waals surface area contributed by atoms with Crippen LogP contribution in [-0.4, -0.2) is 9.97 Å². The van der Waals surface area contributed by atoms with Gasteiger partial charge in [0.2, 0.25) is 0 Å². The Kier molecular flexibility index (Phi) is 3.02. The number of H-pyrrole nitrogens is 1. The van der Waals surface area contributed by atoms with E-state index in [9.17, 15) is 0 Å². The lowest BCUT2D eigenvalue weighted by molar-refractivity contribution is -0.0246. The van der Waals surface area contributed by atoms with Crippen LogP contribution in [0.4, 0.5) is 0 Å². The Bertz CT molecular complexity index is 907. The van der Waals surface area contributed by atoms with Gasteiger partial charge in [0.1, 0.15) is 18.2 Å². The van der Waals surface area contributed by atoms with Gasteiger partial charge < -0.3 is 14.5 Å². The first-order chi connectivity index (χ1) is 10.9. The predicted molar refractivity (Wildman–Crippen MR) is 82.6 cm³/mol. The molecule has 0 radical (unpaired) electrons. The molecule has 0 atom stereocenters. The van der Waals surface area contributed by atoms with E-state index in [0.29, 0.717) is 0 Å². The summed E-state index contributed by atoms with van der Waals surface area (Å²) in [7, 11) is 0. The Balaban J connectivity index is 1.67. The normalized spacial score (nSPS) is 13.5. The molecule has 3 heterocycles. The monoisotopic (exact) mass is 288 g/mol. The highest BCUT2D eigenvalue weighted by atomic mass is 16.7. The quantitative estimate of drug-likeness (QED) is 0.697. The van der Waals surface area contributed by atoms with E-state index < -0.39 is 0 Å². The molecule has 0 bridgehead atoms. The molecule has 0 aliphatic carbocycles. The van der Waals surface area contributed by atoms with Crippen LogP contribution in [0.15, 0.2) is 61.3 Å². The van der Waals surface area contributed by atoms with Crippen LogP contribution < -0.4 is 0 Å².